The first-order valence-electron chi connectivity index (χ1n) is 7.59. The fourth-order valence-electron chi connectivity index (χ4n) is 2.71. The van der Waals surface area contributed by atoms with Gasteiger partial charge in [0.05, 0.1) is 0 Å². The quantitative estimate of drug-likeness (QED) is 0.722. The summed E-state index contributed by atoms with van der Waals surface area (Å²) >= 11 is 0. The van der Waals surface area contributed by atoms with Crippen LogP contribution < -0.4 is 5.32 Å². The van der Waals surface area contributed by atoms with E-state index in [4.69, 9.17) is 0 Å². The molecule has 0 aromatic heterocycles. The second-order valence-electron chi connectivity index (χ2n) is 5.83. The molecule has 1 saturated heterocycles. The fraction of sp³-hybridized carbons (Fsp3) is 0.933. The van der Waals surface area contributed by atoms with E-state index in [1.165, 1.54) is 19.3 Å². The highest BCUT2D eigenvalue weighted by Crippen LogP contribution is 2.26. The number of carbonyl (C=O) groups is 1. The minimum atomic E-state index is 0.352. The van der Waals surface area contributed by atoms with Gasteiger partial charge in [-0.1, -0.05) is 33.6 Å². The second kappa shape index (κ2) is 7.78. The molecule has 1 rings (SSSR count). The predicted octanol–water partition coefficient (Wildman–Crippen LogP) is 2.66. The molecular formula is C15H30N2O. The lowest BCUT2D eigenvalue weighted by Crippen LogP contribution is -2.36. The monoisotopic (exact) mass is 254 g/mol. The lowest BCUT2D eigenvalue weighted by Gasteiger charge is -2.20. The highest BCUT2D eigenvalue weighted by atomic mass is 16.2. The number of hydrogen-bond acceptors (Lipinski definition) is 2. The highest BCUT2D eigenvalue weighted by molar-refractivity contribution is 5.78. The van der Waals surface area contributed by atoms with Crippen molar-refractivity contribution in [3.8, 4) is 0 Å². The summed E-state index contributed by atoms with van der Waals surface area (Å²) in [7, 11) is 0. The van der Waals surface area contributed by atoms with Crippen LogP contribution >= 0.6 is 0 Å². The molecule has 1 unspecified atom stereocenters. The van der Waals surface area contributed by atoms with Gasteiger partial charge in [-0.25, -0.2) is 0 Å². The lowest BCUT2D eigenvalue weighted by molar-refractivity contribution is -0.127. The Kier molecular flexibility index (Phi) is 6.69. The summed E-state index contributed by atoms with van der Waals surface area (Å²) in [6.07, 6.45) is 4.37. The molecule has 0 aromatic rings. The van der Waals surface area contributed by atoms with E-state index in [-0.39, 0.29) is 0 Å². The zero-order chi connectivity index (χ0) is 13.5. The third kappa shape index (κ3) is 4.60. The molecule has 106 valence electrons. The van der Waals surface area contributed by atoms with E-state index in [1.54, 1.807) is 0 Å². The average Bonchev–Trinajstić information content (AvgIpc) is 2.70. The van der Waals surface area contributed by atoms with Crippen LogP contribution in [0, 0.1) is 11.8 Å². The maximum absolute atomic E-state index is 11.9. The van der Waals surface area contributed by atoms with Crippen molar-refractivity contribution in [2.75, 3.05) is 19.6 Å². The van der Waals surface area contributed by atoms with Gasteiger partial charge in [-0.05, 0) is 25.2 Å². The van der Waals surface area contributed by atoms with Crippen molar-refractivity contribution in [2.45, 2.75) is 59.4 Å². The Balaban J connectivity index is 2.25. The van der Waals surface area contributed by atoms with Gasteiger partial charge in [-0.3, -0.25) is 4.79 Å². The topological polar surface area (TPSA) is 32.3 Å². The number of likely N-dealkylation sites (tertiary alicyclic amines) is 1. The molecule has 3 nitrogen and oxygen atoms in total. The van der Waals surface area contributed by atoms with E-state index >= 15 is 0 Å². The molecule has 1 aliphatic rings. The molecule has 1 amide bonds. The Labute approximate surface area is 112 Å². The Morgan fingerprint density at radius 1 is 1.39 bits per heavy atom. The maximum atomic E-state index is 11.9. The molecule has 18 heavy (non-hydrogen) atoms. The molecule has 0 radical (unpaired) electrons. The van der Waals surface area contributed by atoms with Crippen LogP contribution in [0.4, 0.5) is 0 Å². The van der Waals surface area contributed by atoms with Gasteiger partial charge in [-0.2, -0.15) is 0 Å². The first kappa shape index (κ1) is 15.5. The molecule has 0 spiro atoms. The molecule has 1 aliphatic heterocycles. The van der Waals surface area contributed by atoms with Crippen molar-refractivity contribution >= 4 is 5.91 Å². The lowest BCUT2D eigenvalue weighted by atomic mass is 9.91. The second-order valence-corrected chi connectivity index (χ2v) is 5.83. The van der Waals surface area contributed by atoms with Crippen LogP contribution in [0.25, 0.3) is 0 Å². The van der Waals surface area contributed by atoms with E-state index in [9.17, 15) is 4.79 Å². The summed E-state index contributed by atoms with van der Waals surface area (Å²) in [5.41, 5.74) is 0. The van der Waals surface area contributed by atoms with Gasteiger partial charge >= 0.3 is 0 Å². The molecule has 0 saturated carbocycles. The van der Waals surface area contributed by atoms with Crippen molar-refractivity contribution in [1.82, 2.24) is 10.2 Å². The average molecular weight is 254 g/mol. The third-order valence-electron chi connectivity index (χ3n) is 4.29. The molecule has 3 heteroatoms. The number of nitrogens with one attached hydrogen (secondary N) is 1. The zero-order valence-electron chi connectivity index (χ0n) is 12.5. The van der Waals surface area contributed by atoms with Crippen molar-refractivity contribution < 1.29 is 4.79 Å². The van der Waals surface area contributed by atoms with E-state index in [0.29, 0.717) is 23.8 Å². The Hall–Kier alpha value is -0.570. The Morgan fingerprint density at radius 3 is 2.72 bits per heavy atom. The van der Waals surface area contributed by atoms with Crippen LogP contribution in [-0.4, -0.2) is 36.5 Å². The zero-order valence-corrected chi connectivity index (χ0v) is 12.5. The number of carbonyl (C=O) groups excluding carboxylic acids is 1. The van der Waals surface area contributed by atoms with Gasteiger partial charge in [0, 0.05) is 32.1 Å². The molecule has 0 aliphatic carbocycles. The summed E-state index contributed by atoms with van der Waals surface area (Å²) in [6, 6.07) is 0.568. The highest BCUT2D eigenvalue weighted by Gasteiger charge is 2.31. The Bertz CT molecular complexity index is 255. The predicted molar refractivity (Wildman–Crippen MR) is 76.5 cm³/mol. The third-order valence-corrected chi connectivity index (χ3v) is 4.29. The molecular weight excluding hydrogens is 224 g/mol. The summed E-state index contributed by atoms with van der Waals surface area (Å²) in [4.78, 5) is 13.9. The fourth-order valence-corrected chi connectivity index (χ4v) is 2.71. The Morgan fingerprint density at radius 2 is 2.11 bits per heavy atom. The van der Waals surface area contributed by atoms with Gasteiger partial charge in [0.2, 0.25) is 5.91 Å². The summed E-state index contributed by atoms with van der Waals surface area (Å²) in [6.45, 7) is 11.7. The van der Waals surface area contributed by atoms with Crippen LogP contribution in [0.3, 0.4) is 0 Å². The summed E-state index contributed by atoms with van der Waals surface area (Å²) in [5, 5.41) is 3.50. The molecule has 1 heterocycles. The first-order chi connectivity index (χ1) is 8.58. The first-order valence-corrected chi connectivity index (χ1v) is 7.59. The van der Waals surface area contributed by atoms with Crippen molar-refractivity contribution in [3.05, 3.63) is 0 Å². The van der Waals surface area contributed by atoms with Crippen molar-refractivity contribution in [2.24, 2.45) is 11.8 Å². The molecule has 3 atom stereocenters. The summed E-state index contributed by atoms with van der Waals surface area (Å²) < 4.78 is 0. The van der Waals surface area contributed by atoms with Crippen LogP contribution in [0.2, 0.25) is 0 Å². The van der Waals surface area contributed by atoms with Gasteiger partial charge in [0.25, 0.3) is 0 Å². The minimum absolute atomic E-state index is 0.352. The smallest absolute Gasteiger partial charge is 0.222 e. The normalized spacial score (nSPS) is 23.4. The van der Waals surface area contributed by atoms with E-state index in [1.807, 2.05) is 4.90 Å². The summed E-state index contributed by atoms with van der Waals surface area (Å²) in [5.74, 6) is 1.60. The number of amides is 1. The molecule has 1 N–H and O–H groups in total. The number of nitrogens with zero attached hydrogens (tertiary/aromatic N) is 1. The largest absolute Gasteiger partial charge is 0.341 e. The van der Waals surface area contributed by atoms with Crippen LogP contribution in [-0.2, 0) is 4.79 Å². The van der Waals surface area contributed by atoms with Gasteiger partial charge < -0.3 is 10.2 Å². The molecule has 0 bridgehead atoms. The van der Waals surface area contributed by atoms with Crippen LogP contribution in [0.15, 0.2) is 0 Å². The van der Waals surface area contributed by atoms with Crippen LogP contribution in [0.5, 0.6) is 0 Å². The van der Waals surface area contributed by atoms with E-state index in [0.717, 1.165) is 26.1 Å². The standard InChI is InChI=1S/C15H30N2O/c1-5-7-13(4)16-8-9-17-11-14(10-15(17)18)12(3)6-2/h12-14,16H,5-11H2,1-4H3/t12-,13+,14?/m0/s1. The molecule has 0 aromatic carbocycles. The van der Waals surface area contributed by atoms with E-state index in [2.05, 4.69) is 33.0 Å². The molecule has 1 fully saturated rings. The SMILES string of the molecule is CCC[C@@H](C)NCCN1CC([C@@H](C)CC)CC1=O. The number of hydrogen-bond donors (Lipinski definition) is 1. The number of rotatable bonds is 8. The maximum Gasteiger partial charge on any atom is 0.222 e. The minimum Gasteiger partial charge on any atom is -0.341 e. The van der Waals surface area contributed by atoms with Crippen LogP contribution in [0.1, 0.15) is 53.4 Å². The van der Waals surface area contributed by atoms with Gasteiger partial charge in [-0.15, -0.1) is 0 Å². The van der Waals surface area contributed by atoms with Crippen molar-refractivity contribution in [1.29, 1.82) is 0 Å². The van der Waals surface area contributed by atoms with Gasteiger partial charge in [0.1, 0.15) is 0 Å². The van der Waals surface area contributed by atoms with Crippen molar-refractivity contribution in [3.63, 3.8) is 0 Å². The van der Waals surface area contributed by atoms with Gasteiger partial charge in [0.15, 0.2) is 0 Å². The van der Waals surface area contributed by atoms with E-state index < -0.39 is 0 Å².